The van der Waals surface area contributed by atoms with Gasteiger partial charge in [-0.05, 0) is 44.8 Å². The molecule has 0 aromatic rings. The first-order valence-electron chi connectivity index (χ1n) is 5.63. The first-order valence-corrected chi connectivity index (χ1v) is 5.63. The number of carbonyl (C=O) groups is 1. The molecule has 0 saturated carbocycles. The summed E-state index contributed by atoms with van der Waals surface area (Å²) in [6.07, 6.45) is 5.74. The van der Waals surface area contributed by atoms with E-state index < -0.39 is 0 Å². The minimum Gasteiger partial charge on any atom is -0.293 e. The number of hydrogen-bond acceptors (Lipinski definition) is 2. The van der Waals surface area contributed by atoms with Gasteiger partial charge >= 0.3 is 0 Å². The summed E-state index contributed by atoms with van der Waals surface area (Å²) in [5.74, 6) is 0.199. The van der Waals surface area contributed by atoms with Gasteiger partial charge in [-0.1, -0.05) is 20.4 Å². The lowest BCUT2D eigenvalue weighted by Gasteiger charge is -2.38. The van der Waals surface area contributed by atoms with Gasteiger partial charge in [0.25, 0.3) is 0 Å². The smallest absolute Gasteiger partial charge is 0.175 e. The normalized spacial score (nSPS) is 18.4. The van der Waals surface area contributed by atoms with Gasteiger partial charge in [0.15, 0.2) is 5.78 Å². The molecule has 0 spiro atoms. The zero-order valence-corrected chi connectivity index (χ0v) is 9.38. The monoisotopic (exact) mass is 195 g/mol. The molecule has 2 nitrogen and oxygen atoms in total. The summed E-state index contributed by atoms with van der Waals surface area (Å²) in [4.78, 5) is 14.3. The van der Waals surface area contributed by atoms with Gasteiger partial charge in [0.1, 0.15) is 0 Å². The van der Waals surface area contributed by atoms with E-state index in [0.29, 0.717) is 0 Å². The van der Waals surface area contributed by atoms with Crippen molar-refractivity contribution in [2.45, 2.75) is 45.1 Å². The fraction of sp³-hybridized carbons (Fsp3) is 0.750. The molecule has 0 aromatic carbocycles. The Kier molecular flexibility index (Phi) is 3.87. The van der Waals surface area contributed by atoms with E-state index in [1.165, 1.54) is 18.9 Å². The molecular weight excluding hydrogens is 174 g/mol. The van der Waals surface area contributed by atoms with Crippen LogP contribution in [0.4, 0.5) is 0 Å². The Morgan fingerprint density at radius 2 is 1.86 bits per heavy atom. The largest absolute Gasteiger partial charge is 0.293 e. The Hall–Kier alpha value is -0.630. The second kappa shape index (κ2) is 4.74. The molecule has 1 fully saturated rings. The van der Waals surface area contributed by atoms with Gasteiger partial charge in [-0.15, -0.1) is 0 Å². The molecule has 1 rings (SSSR count). The second-order valence-corrected chi connectivity index (χ2v) is 4.00. The molecule has 0 amide bonds. The van der Waals surface area contributed by atoms with Crippen LogP contribution in [0.15, 0.2) is 12.7 Å². The molecule has 1 saturated heterocycles. The van der Waals surface area contributed by atoms with E-state index in [1.54, 1.807) is 0 Å². The van der Waals surface area contributed by atoms with E-state index in [2.05, 4.69) is 25.3 Å². The van der Waals surface area contributed by atoms with E-state index in [-0.39, 0.29) is 11.3 Å². The predicted molar refractivity (Wildman–Crippen MR) is 59.3 cm³/mol. The van der Waals surface area contributed by atoms with Crippen molar-refractivity contribution in [1.82, 2.24) is 4.90 Å². The molecule has 1 aliphatic rings. The van der Waals surface area contributed by atoms with E-state index in [1.807, 2.05) is 0 Å². The van der Waals surface area contributed by atoms with Gasteiger partial charge in [-0.2, -0.15) is 0 Å². The first kappa shape index (κ1) is 11.4. The lowest BCUT2D eigenvalue weighted by atomic mass is 9.86. The quantitative estimate of drug-likeness (QED) is 0.628. The van der Waals surface area contributed by atoms with E-state index in [4.69, 9.17) is 0 Å². The van der Waals surface area contributed by atoms with Gasteiger partial charge in [0.05, 0.1) is 5.54 Å². The Labute approximate surface area is 87.0 Å². The highest BCUT2D eigenvalue weighted by atomic mass is 16.1. The van der Waals surface area contributed by atoms with Crippen LogP contribution >= 0.6 is 0 Å². The molecule has 0 radical (unpaired) electrons. The Morgan fingerprint density at radius 1 is 1.36 bits per heavy atom. The van der Waals surface area contributed by atoms with Crippen molar-refractivity contribution in [1.29, 1.82) is 0 Å². The minimum absolute atomic E-state index is 0.199. The van der Waals surface area contributed by atoms with Crippen LogP contribution in [0.2, 0.25) is 0 Å². The highest BCUT2D eigenvalue weighted by Gasteiger charge is 2.39. The van der Waals surface area contributed by atoms with Crippen LogP contribution in [-0.2, 0) is 4.79 Å². The van der Waals surface area contributed by atoms with Crippen molar-refractivity contribution in [3.8, 4) is 0 Å². The van der Waals surface area contributed by atoms with Gasteiger partial charge in [-0.3, -0.25) is 9.69 Å². The van der Waals surface area contributed by atoms with Crippen molar-refractivity contribution >= 4 is 5.78 Å². The second-order valence-electron chi connectivity index (χ2n) is 4.00. The lowest BCUT2D eigenvalue weighted by molar-refractivity contribution is -0.126. The van der Waals surface area contributed by atoms with Crippen LogP contribution in [0.1, 0.15) is 39.5 Å². The highest BCUT2D eigenvalue weighted by molar-refractivity contribution is 5.97. The molecule has 80 valence electrons. The minimum atomic E-state index is -0.252. The fourth-order valence-corrected chi connectivity index (χ4v) is 2.54. The van der Waals surface area contributed by atoms with Crippen molar-refractivity contribution in [3.63, 3.8) is 0 Å². The standard InChI is InChI=1S/C12H21NO/c1-4-11(14)12(5-2,6-3)13-9-7-8-10-13/h4H,1,5-10H2,2-3H3. The average molecular weight is 195 g/mol. The topological polar surface area (TPSA) is 20.3 Å². The molecule has 0 aliphatic carbocycles. The van der Waals surface area contributed by atoms with Crippen LogP contribution < -0.4 is 0 Å². The van der Waals surface area contributed by atoms with E-state index >= 15 is 0 Å². The van der Waals surface area contributed by atoms with Crippen LogP contribution in [0.3, 0.4) is 0 Å². The molecule has 0 atom stereocenters. The molecular formula is C12H21NO. The van der Waals surface area contributed by atoms with Crippen LogP contribution in [0.5, 0.6) is 0 Å². The fourth-order valence-electron chi connectivity index (χ4n) is 2.54. The van der Waals surface area contributed by atoms with Crippen molar-refractivity contribution in [3.05, 3.63) is 12.7 Å². The summed E-state index contributed by atoms with van der Waals surface area (Å²) >= 11 is 0. The predicted octanol–water partition coefficient (Wildman–Crippen LogP) is 2.40. The first-order chi connectivity index (χ1) is 6.71. The van der Waals surface area contributed by atoms with E-state index in [0.717, 1.165) is 25.9 Å². The van der Waals surface area contributed by atoms with E-state index in [9.17, 15) is 4.79 Å². The molecule has 1 heterocycles. The number of ketones is 1. The molecule has 2 heteroatoms. The Morgan fingerprint density at radius 3 is 2.21 bits per heavy atom. The summed E-state index contributed by atoms with van der Waals surface area (Å²) in [5.41, 5.74) is -0.252. The summed E-state index contributed by atoms with van der Waals surface area (Å²) in [6, 6.07) is 0. The van der Waals surface area contributed by atoms with Gasteiger partial charge < -0.3 is 0 Å². The number of likely N-dealkylation sites (tertiary alicyclic amines) is 1. The van der Waals surface area contributed by atoms with Crippen LogP contribution in [0.25, 0.3) is 0 Å². The summed E-state index contributed by atoms with van der Waals surface area (Å²) < 4.78 is 0. The number of nitrogens with zero attached hydrogens (tertiary/aromatic N) is 1. The third-order valence-corrected chi connectivity index (χ3v) is 3.53. The molecule has 1 aliphatic heterocycles. The van der Waals surface area contributed by atoms with Crippen LogP contribution in [0, 0.1) is 0 Å². The zero-order chi connectivity index (χ0) is 10.6. The van der Waals surface area contributed by atoms with Crippen molar-refractivity contribution in [2.75, 3.05) is 13.1 Å². The van der Waals surface area contributed by atoms with Crippen molar-refractivity contribution in [2.24, 2.45) is 0 Å². The third kappa shape index (κ3) is 1.76. The van der Waals surface area contributed by atoms with Crippen LogP contribution in [-0.4, -0.2) is 29.3 Å². The summed E-state index contributed by atoms with van der Waals surface area (Å²) in [5, 5.41) is 0. The van der Waals surface area contributed by atoms with Gasteiger partial charge in [0, 0.05) is 0 Å². The number of carbonyl (C=O) groups excluding carboxylic acids is 1. The maximum atomic E-state index is 11.9. The molecule has 0 aromatic heterocycles. The van der Waals surface area contributed by atoms with Gasteiger partial charge in [-0.25, -0.2) is 0 Å². The molecule has 0 bridgehead atoms. The number of hydrogen-bond donors (Lipinski definition) is 0. The van der Waals surface area contributed by atoms with Gasteiger partial charge in [0.2, 0.25) is 0 Å². The van der Waals surface area contributed by atoms with Crippen molar-refractivity contribution < 1.29 is 4.79 Å². The summed E-state index contributed by atoms with van der Waals surface area (Å²) in [7, 11) is 0. The lowest BCUT2D eigenvalue weighted by Crippen LogP contribution is -2.52. The molecule has 0 unspecified atom stereocenters. The maximum Gasteiger partial charge on any atom is 0.175 e. The molecule has 14 heavy (non-hydrogen) atoms. The highest BCUT2D eigenvalue weighted by Crippen LogP contribution is 2.29. The Balaban J connectivity index is 2.88. The SMILES string of the molecule is C=CC(=O)C(CC)(CC)N1CCCC1. The summed E-state index contributed by atoms with van der Waals surface area (Å²) in [6.45, 7) is 9.96. The third-order valence-electron chi connectivity index (χ3n) is 3.53. The maximum absolute atomic E-state index is 11.9. The average Bonchev–Trinajstić information content (AvgIpc) is 2.74. The zero-order valence-electron chi connectivity index (χ0n) is 9.38. The number of rotatable bonds is 5. The molecule has 0 N–H and O–H groups in total. The Bertz CT molecular complexity index is 212.